The SMILES string of the molecule is Cc1ccccc1Sc1nccnc1SCC(=O)NCCN(C)C. The van der Waals surface area contributed by atoms with Gasteiger partial charge in [-0.25, -0.2) is 9.97 Å². The highest BCUT2D eigenvalue weighted by Gasteiger charge is 2.11. The Hall–Kier alpha value is -1.57. The van der Waals surface area contributed by atoms with Crippen molar-refractivity contribution in [2.75, 3.05) is 32.9 Å². The second-order valence-electron chi connectivity index (χ2n) is 5.48. The molecule has 0 unspecified atom stereocenters. The van der Waals surface area contributed by atoms with E-state index in [2.05, 4.69) is 34.3 Å². The predicted molar refractivity (Wildman–Crippen MR) is 99.6 cm³/mol. The van der Waals surface area contributed by atoms with Gasteiger partial charge < -0.3 is 10.2 Å². The minimum Gasteiger partial charge on any atom is -0.354 e. The maximum absolute atomic E-state index is 11.9. The van der Waals surface area contributed by atoms with Gasteiger partial charge in [0, 0.05) is 30.4 Å². The number of rotatable bonds is 8. The molecule has 0 aliphatic carbocycles. The quantitative estimate of drug-likeness (QED) is 0.729. The molecule has 1 heterocycles. The van der Waals surface area contributed by atoms with Crippen LogP contribution in [0.4, 0.5) is 0 Å². The fraction of sp³-hybridized carbons (Fsp3) is 0.353. The summed E-state index contributed by atoms with van der Waals surface area (Å²) >= 11 is 3.00. The smallest absolute Gasteiger partial charge is 0.230 e. The van der Waals surface area contributed by atoms with Crippen LogP contribution in [0.3, 0.4) is 0 Å². The molecular weight excluding hydrogens is 340 g/mol. The van der Waals surface area contributed by atoms with Crippen LogP contribution in [0.15, 0.2) is 51.6 Å². The van der Waals surface area contributed by atoms with Crippen LogP contribution in [0, 0.1) is 6.92 Å². The van der Waals surface area contributed by atoms with E-state index in [9.17, 15) is 4.79 Å². The Balaban J connectivity index is 1.94. The molecule has 1 aromatic carbocycles. The second kappa shape index (κ2) is 9.66. The zero-order valence-corrected chi connectivity index (χ0v) is 15.8. The molecule has 0 bridgehead atoms. The third-order valence-corrected chi connectivity index (χ3v) is 5.43. The molecule has 0 saturated carbocycles. The highest BCUT2D eigenvalue weighted by molar-refractivity contribution is 8.02. The van der Waals surface area contributed by atoms with Crippen molar-refractivity contribution < 1.29 is 4.79 Å². The number of nitrogens with one attached hydrogen (secondary N) is 1. The van der Waals surface area contributed by atoms with Crippen LogP contribution >= 0.6 is 23.5 Å². The molecule has 0 spiro atoms. The minimum absolute atomic E-state index is 0.0133. The molecule has 128 valence electrons. The molecule has 2 aromatic rings. The Kier molecular flexibility index (Phi) is 7.55. The first-order valence-electron chi connectivity index (χ1n) is 7.65. The first-order valence-corrected chi connectivity index (χ1v) is 9.45. The first kappa shape index (κ1) is 18.8. The van der Waals surface area contributed by atoms with Crippen LogP contribution < -0.4 is 5.32 Å². The van der Waals surface area contributed by atoms with Gasteiger partial charge in [0.15, 0.2) is 0 Å². The lowest BCUT2D eigenvalue weighted by atomic mass is 10.2. The van der Waals surface area contributed by atoms with E-state index < -0.39 is 0 Å². The van der Waals surface area contributed by atoms with Crippen LogP contribution in [-0.4, -0.2) is 53.7 Å². The second-order valence-corrected chi connectivity index (χ2v) is 7.47. The summed E-state index contributed by atoms with van der Waals surface area (Å²) < 4.78 is 0. The van der Waals surface area contributed by atoms with Gasteiger partial charge in [0.25, 0.3) is 0 Å². The van der Waals surface area contributed by atoms with E-state index in [0.29, 0.717) is 12.3 Å². The number of hydrogen-bond acceptors (Lipinski definition) is 6. The first-order chi connectivity index (χ1) is 11.6. The molecule has 1 N–H and O–H groups in total. The number of nitrogens with zero attached hydrogens (tertiary/aromatic N) is 3. The van der Waals surface area contributed by atoms with Crippen molar-refractivity contribution in [3.05, 3.63) is 42.2 Å². The number of amides is 1. The topological polar surface area (TPSA) is 58.1 Å². The van der Waals surface area contributed by atoms with Crippen LogP contribution in [0.2, 0.25) is 0 Å². The van der Waals surface area contributed by atoms with Crippen molar-refractivity contribution in [3.8, 4) is 0 Å². The van der Waals surface area contributed by atoms with E-state index in [-0.39, 0.29) is 5.91 Å². The van der Waals surface area contributed by atoms with Gasteiger partial charge in [-0.15, -0.1) is 0 Å². The summed E-state index contributed by atoms with van der Waals surface area (Å²) in [7, 11) is 3.96. The largest absolute Gasteiger partial charge is 0.354 e. The third-order valence-electron chi connectivity index (χ3n) is 3.15. The van der Waals surface area contributed by atoms with Crippen molar-refractivity contribution >= 4 is 29.4 Å². The number of carbonyl (C=O) groups excluding carboxylic acids is 1. The lowest BCUT2D eigenvalue weighted by Crippen LogP contribution is -2.32. The van der Waals surface area contributed by atoms with Crippen molar-refractivity contribution in [1.82, 2.24) is 20.2 Å². The van der Waals surface area contributed by atoms with E-state index in [1.165, 1.54) is 17.3 Å². The van der Waals surface area contributed by atoms with Crippen LogP contribution in [0.25, 0.3) is 0 Å². The van der Waals surface area contributed by atoms with E-state index in [4.69, 9.17) is 0 Å². The molecule has 0 radical (unpaired) electrons. The monoisotopic (exact) mass is 362 g/mol. The number of thioether (sulfide) groups is 1. The minimum atomic E-state index is 0.0133. The number of hydrogen-bond donors (Lipinski definition) is 1. The average molecular weight is 363 g/mol. The van der Waals surface area contributed by atoms with Crippen molar-refractivity contribution in [3.63, 3.8) is 0 Å². The van der Waals surface area contributed by atoms with Gasteiger partial charge in [-0.05, 0) is 32.6 Å². The summed E-state index contributed by atoms with van der Waals surface area (Å²) in [6.45, 7) is 3.55. The Morgan fingerprint density at radius 1 is 1.17 bits per heavy atom. The van der Waals surface area contributed by atoms with Crippen molar-refractivity contribution in [1.29, 1.82) is 0 Å². The molecular formula is C17H22N4OS2. The van der Waals surface area contributed by atoms with Gasteiger partial charge in [-0.3, -0.25) is 4.79 Å². The van der Waals surface area contributed by atoms with E-state index in [0.717, 1.165) is 21.5 Å². The Morgan fingerprint density at radius 3 is 2.58 bits per heavy atom. The summed E-state index contributed by atoms with van der Waals surface area (Å²) in [5, 5.41) is 4.52. The molecule has 0 saturated heterocycles. The average Bonchev–Trinajstić information content (AvgIpc) is 2.56. The molecule has 7 heteroatoms. The maximum Gasteiger partial charge on any atom is 0.230 e. The number of aromatic nitrogens is 2. The van der Waals surface area contributed by atoms with E-state index in [1.54, 1.807) is 24.2 Å². The van der Waals surface area contributed by atoms with Gasteiger partial charge in [-0.2, -0.15) is 0 Å². The Bertz CT molecular complexity index is 679. The molecule has 0 fully saturated rings. The summed E-state index contributed by atoms with van der Waals surface area (Å²) in [6, 6.07) is 8.17. The van der Waals surface area contributed by atoms with Gasteiger partial charge >= 0.3 is 0 Å². The number of benzene rings is 1. The molecule has 24 heavy (non-hydrogen) atoms. The zero-order chi connectivity index (χ0) is 17.4. The van der Waals surface area contributed by atoms with Gasteiger partial charge in [0.1, 0.15) is 10.1 Å². The van der Waals surface area contributed by atoms with Crippen LogP contribution in [-0.2, 0) is 4.79 Å². The van der Waals surface area contributed by atoms with Gasteiger partial charge in [-0.1, -0.05) is 41.7 Å². The molecule has 5 nitrogen and oxygen atoms in total. The Labute approximate surface area is 151 Å². The molecule has 0 aliphatic rings. The molecule has 1 amide bonds. The zero-order valence-electron chi connectivity index (χ0n) is 14.2. The number of carbonyl (C=O) groups is 1. The highest BCUT2D eigenvalue weighted by Crippen LogP contribution is 2.33. The number of aryl methyl sites for hydroxylation is 1. The highest BCUT2D eigenvalue weighted by atomic mass is 32.2. The standard InChI is InChI=1S/C17H22N4OS2/c1-13-6-4-5-7-14(13)24-17-16(19-8-9-20-17)23-12-15(22)18-10-11-21(2)3/h4-9H,10-12H2,1-3H3,(H,18,22). The molecule has 0 atom stereocenters. The number of likely N-dealkylation sites (N-methyl/N-ethyl adjacent to an activating group) is 1. The van der Waals surface area contributed by atoms with Crippen molar-refractivity contribution in [2.24, 2.45) is 0 Å². The maximum atomic E-state index is 11.9. The van der Waals surface area contributed by atoms with Crippen LogP contribution in [0.5, 0.6) is 0 Å². The fourth-order valence-corrected chi connectivity index (χ4v) is 3.68. The lowest BCUT2D eigenvalue weighted by molar-refractivity contribution is -0.118. The Morgan fingerprint density at radius 2 is 1.88 bits per heavy atom. The van der Waals surface area contributed by atoms with Gasteiger partial charge in [0.05, 0.1) is 5.75 Å². The van der Waals surface area contributed by atoms with E-state index >= 15 is 0 Å². The molecule has 2 rings (SSSR count). The lowest BCUT2D eigenvalue weighted by Gasteiger charge is -2.11. The predicted octanol–water partition coefficient (Wildman–Crippen LogP) is 2.71. The molecule has 0 aliphatic heterocycles. The third kappa shape index (κ3) is 6.14. The van der Waals surface area contributed by atoms with E-state index in [1.807, 2.05) is 31.1 Å². The normalized spacial score (nSPS) is 10.8. The summed E-state index contributed by atoms with van der Waals surface area (Å²) in [5.74, 6) is 0.354. The van der Waals surface area contributed by atoms with Crippen molar-refractivity contribution in [2.45, 2.75) is 21.9 Å². The summed E-state index contributed by atoms with van der Waals surface area (Å²) in [5.41, 5.74) is 1.20. The van der Waals surface area contributed by atoms with Gasteiger partial charge in [0.2, 0.25) is 5.91 Å². The molecule has 1 aromatic heterocycles. The summed E-state index contributed by atoms with van der Waals surface area (Å²) in [6.07, 6.45) is 3.34. The fourth-order valence-electron chi connectivity index (χ4n) is 1.86. The van der Waals surface area contributed by atoms with Crippen LogP contribution in [0.1, 0.15) is 5.56 Å². The summed E-state index contributed by atoms with van der Waals surface area (Å²) in [4.78, 5) is 23.9.